The van der Waals surface area contributed by atoms with Crippen LogP contribution in [-0.2, 0) is 11.3 Å². The first-order chi connectivity index (χ1) is 9.97. The Morgan fingerprint density at radius 1 is 1.19 bits per heavy atom. The minimum absolute atomic E-state index is 0.109. The molecule has 1 aromatic carbocycles. The second-order valence-electron chi connectivity index (χ2n) is 4.87. The van der Waals surface area contributed by atoms with Crippen molar-refractivity contribution in [1.29, 1.82) is 0 Å². The van der Waals surface area contributed by atoms with Crippen molar-refractivity contribution in [3.63, 3.8) is 0 Å². The smallest absolute Gasteiger partial charge is 0.255 e. The Morgan fingerprint density at radius 3 is 2.38 bits per heavy atom. The standard InChI is InChI=1S/C15H18N4O2/c1-9-14(10(2)19-18-9)15(21)16-8-12-4-6-13(7-5-12)17-11(3)20/h4-7H,8H2,1-3H3,(H,16,21)(H,17,20)(H,18,19). The van der Waals surface area contributed by atoms with Crippen molar-refractivity contribution in [2.45, 2.75) is 27.3 Å². The van der Waals surface area contributed by atoms with Gasteiger partial charge in [0.05, 0.1) is 11.3 Å². The van der Waals surface area contributed by atoms with Crippen LogP contribution in [0.2, 0.25) is 0 Å². The number of rotatable bonds is 4. The predicted octanol–water partition coefficient (Wildman–Crippen LogP) is 1.91. The van der Waals surface area contributed by atoms with Crippen LogP contribution in [0, 0.1) is 13.8 Å². The molecule has 0 bridgehead atoms. The summed E-state index contributed by atoms with van der Waals surface area (Å²) >= 11 is 0. The number of carbonyl (C=O) groups excluding carboxylic acids is 2. The fourth-order valence-electron chi connectivity index (χ4n) is 2.07. The molecule has 0 aliphatic rings. The van der Waals surface area contributed by atoms with E-state index >= 15 is 0 Å². The van der Waals surface area contributed by atoms with Gasteiger partial charge in [0.15, 0.2) is 0 Å². The molecular formula is C15H18N4O2. The van der Waals surface area contributed by atoms with E-state index in [1.54, 1.807) is 19.1 Å². The van der Waals surface area contributed by atoms with Gasteiger partial charge >= 0.3 is 0 Å². The van der Waals surface area contributed by atoms with Gasteiger partial charge in [0.25, 0.3) is 5.91 Å². The maximum absolute atomic E-state index is 12.1. The number of aryl methyl sites for hydroxylation is 2. The molecule has 6 nitrogen and oxygen atoms in total. The zero-order valence-electron chi connectivity index (χ0n) is 12.3. The average Bonchev–Trinajstić information content (AvgIpc) is 2.76. The molecule has 1 aromatic heterocycles. The number of nitrogens with zero attached hydrogens (tertiary/aromatic N) is 1. The minimum atomic E-state index is -0.148. The monoisotopic (exact) mass is 286 g/mol. The zero-order chi connectivity index (χ0) is 15.4. The Bertz CT molecular complexity index is 639. The largest absolute Gasteiger partial charge is 0.348 e. The molecule has 0 aliphatic carbocycles. The predicted molar refractivity (Wildman–Crippen MR) is 80.0 cm³/mol. The highest BCUT2D eigenvalue weighted by molar-refractivity contribution is 5.96. The van der Waals surface area contributed by atoms with E-state index in [4.69, 9.17) is 0 Å². The Kier molecular flexibility index (Phi) is 4.37. The maximum atomic E-state index is 12.1. The van der Waals surface area contributed by atoms with Crippen LogP contribution in [0.15, 0.2) is 24.3 Å². The fraction of sp³-hybridized carbons (Fsp3) is 0.267. The SMILES string of the molecule is CC(=O)Nc1ccc(CNC(=O)c2c(C)n[nH]c2C)cc1. The normalized spacial score (nSPS) is 10.2. The van der Waals surface area contributed by atoms with E-state index in [0.29, 0.717) is 17.8 Å². The van der Waals surface area contributed by atoms with Gasteiger partial charge in [-0.15, -0.1) is 0 Å². The summed E-state index contributed by atoms with van der Waals surface area (Å²) < 4.78 is 0. The second kappa shape index (κ2) is 6.21. The fourth-order valence-corrected chi connectivity index (χ4v) is 2.07. The van der Waals surface area contributed by atoms with Crippen LogP contribution in [0.1, 0.15) is 34.2 Å². The Hall–Kier alpha value is -2.63. The van der Waals surface area contributed by atoms with E-state index in [9.17, 15) is 9.59 Å². The third-order valence-corrected chi connectivity index (χ3v) is 3.08. The van der Waals surface area contributed by atoms with Gasteiger partial charge in [0.1, 0.15) is 0 Å². The highest BCUT2D eigenvalue weighted by atomic mass is 16.2. The molecule has 0 spiro atoms. The van der Waals surface area contributed by atoms with Crippen LogP contribution in [-0.4, -0.2) is 22.0 Å². The molecule has 2 aromatic rings. The van der Waals surface area contributed by atoms with Gasteiger partial charge in [-0.3, -0.25) is 14.7 Å². The van der Waals surface area contributed by atoms with E-state index in [1.807, 2.05) is 19.1 Å². The number of hydrogen-bond acceptors (Lipinski definition) is 3. The summed E-state index contributed by atoms with van der Waals surface area (Å²) in [7, 11) is 0. The van der Waals surface area contributed by atoms with E-state index in [-0.39, 0.29) is 11.8 Å². The summed E-state index contributed by atoms with van der Waals surface area (Å²) in [5, 5.41) is 12.3. The third-order valence-electron chi connectivity index (χ3n) is 3.08. The van der Waals surface area contributed by atoms with Crippen molar-refractivity contribution in [3.8, 4) is 0 Å². The highest BCUT2D eigenvalue weighted by Gasteiger charge is 2.14. The van der Waals surface area contributed by atoms with Crippen LogP contribution < -0.4 is 10.6 Å². The van der Waals surface area contributed by atoms with Crippen LogP contribution >= 0.6 is 0 Å². The number of amides is 2. The van der Waals surface area contributed by atoms with E-state index in [2.05, 4.69) is 20.8 Å². The summed E-state index contributed by atoms with van der Waals surface area (Å²) in [5.41, 5.74) is 3.72. The maximum Gasteiger partial charge on any atom is 0.255 e. The zero-order valence-corrected chi connectivity index (χ0v) is 12.3. The lowest BCUT2D eigenvalue weighted by Crippen LogP contribution is -2.23. The molecule has 2 amide bonds. The molecule has 0 atom stereocenters. The summed E-state index contributed by atoms with van der Waals surface area (Å²) in [6, 6.07) is 7.33. The van der Waals surface area contributed by atoms with Crippen molar-refractivity contribution < 1.29 is 9.59 Å². The number of H-pyrrole nitrogens is 1. The lowest BCUT2D eigenvalue weighted by atomic mass is 10.1. The van der Waals surface area contributed by atoms with Gasteiger partial charge in [0.2, 0.25) is 5.91 Å². The number of benzene rings is 1. The van der Waals surface area contributed by atoms with Crippen LogP contribution in [0.3, 0.4) is 0 Å². The van der Waals surface area contributed by atoms with Gasteiger partial charge in [-0.25, -0.2) is 0 Å². The number of hydrogen-bond donors (Lipinski definition) is 3. The molecular weight excluding hydrogens is 268 g/mol. The van der Waals surface area contributed by atoms with Gasteiger partial charge < -0.3 is 10.6 Å². The van der Waals surface area contributed by atoms with Gasteiger partial charge in [-0.1, -0.05) is 12.1 Å². The Morgan fingerprint density at radius 2 is 1.86 bits per heavy atom. The molecule has 0 saturated heterocycles. The average molecular weight is 286 g/mol. The lowest BCUT2D eigenvalue weighted by molar-refractivity contribution is -0.114. The molecule has 21 heavy (non-hydrogen) atoms. The molecule has 110 valence electrons. The number of aromatic amines is 1. The minimum Gasteiger partial charge on any atom is -0.348 e. The van der Waals surface area contributed by atoms with Crippen molar-refractivity contribution in [2.75, 3.05) is 5.32 Å². The molecule has 0 saturated carbocycles. The number of aromatic nitrogens is 2. The molecule has 3 N–H and O–H groups in total. The van der Waals surface area contributed by atoms with E-state index in [0.717, 1.165) is 16.9 Å². The summed E-state index contributed by atoms with van der Waals surface area (Å²) in [5.74, 6) is -0.258. The first-order valence-corrected chi connectivity index (χ1v) is 6.63. The first kappa shape index (κ1) is 14.8. The Balaban J connectivity index is 1.97. The van der Waals surface area contributed by atoms with Crippen molar-refractivity contribution in [1.82, 2.24) is 15.5 Å². The Labute approximate surface area is 122 Å². The van der Waals surface area contributed by atoms with Gasteiger partial charge in [0, 0.05) is 24.8 Å². The topological polar surface area (TPSA) is 86.9 Å². The van der Waals surface area contributed by atoms with E-state index < -0.39 is 0 Å². The van der Waals surface area contributed by atoms with Crippen LogP contribution in [0.5, 0.6) is 0 Å². The van der Waals surface area contributed by atoms with Gasteiger partial charge in [-0.2, -0.15) is 5.10 Å². The van der Waals surface area contributed by atoms with E-state index in [1.165, 1.54) is 6.92 Å². The first-order valence-electron chi connectivity index (χ1n) is 6.63. The number of carbonyl (C=O) groups is 2. The lowest BCUT2D eigenvalue weighted by Gasteiger charge is -2.07. The molecule has 2 rings (SSSR count). The molecule has 0 radical (unpaired) electrons. The van der Waals surface area contributed by atoms with Crippen molar-refractivity contribution >= 4 is 17.5 Å². The highest BCUT2D eigenvalue weighted by Crippen LogP contribution is 2.11. The van der Waals surface area contributed by atoms with Crippen molar-refractivity contribution in [2.24, 2.45) is 0 Å². The summed E-state index contributed by atoms with van der Waals surface area (Å²) in [6.07, 6.45) is 0. The molecule has 0 fully saturated rings. The molecule has 1 heterocycles. The quantitative estimate of drug-likeness (QED) is 0.802. The molecule has 0 aliphatic heterocycles. The van der Waals surface area contributed by atoms with Crippen LogP contribution in [0.4, 0.5) is 5.69 Å². The van der Waals surface area contributed by atoms with Gasteiger partial charge in [-0.05, 0) is 31.5 Å². The summed E-state index contributed by atoms with van der Waals surface area (Å²) in [6.45, 7) is 5.49. The molecule has 0 unspecified atom stereocenters. The number of anilines is 1. The molecule has 6 heteroatoms. The second-order valence-corrected chi connectivity index (χ2v) is 4.87. The third kappa shape index (κ3) is 3.68. The van der Waals surface area contributed by atoms with Crippen molar-refractivity contribution in [3.05, 3.63) is 46.8 Å². The number of nitrogens with one attached hydrogen (secondary N) is 3. The summed E-state index contributed by atoms with van der Waals surface area (Å²) in [4.78, 5) is 23.0. The van der Waals surface area contributed by atoms with Crippen LogP contribution in [0.25, 0.3) is 0 Å².